The number of sulfone groups is 1. The van der Waals surface area contributed by atoms with Crippen LogP contribution in [0, 0.1) is 5.92 Å². The van der Waals surface area contributed by atoms with E-state index < -0.39 is 21.1 Å². The molecule has 0 spiro atoms. The molecule has 4 nitrogen and oxygen atoms in total. The van der Waals surface area contributed by atoms with Crippen molar-refractivity contribution < 1.29 is 18.3 Å². The van der Waals surface area contributed by atoms with Crippen molar-refractivity contribution in [3.05, 3.63) is 0 Å². The molecule has 0 aromatic rings. The molecule has 6 heteroatoms. The van der Waals surface area contributed by atoms with E-state index in [2.05, 4.69) is 0 Å². The summed E-state index contributed by atoms with van der Waals surface area (Å²) in [5.41, 5.74) is 0. The summed E-state index contributed by atoms with van der Waals surface area (Å²) in [5, 5.41) is 8.39. The minimum absolute atomic E-state index is 0.0105. The van der Waals surface area contributed by atoms with Crippen molar-refractivity contribution >= 4 is 27.6 Å². The van der Waals surface area contributed by atoms with E-state index >= 15 is 0 Å². The second kappa shape index (κ2) is 7.17. The molecular formula is C10H20O4S2. The van der Waals surface area contributed by atoms with E-state index in [0.29, 0.717) is 12.2 Å². The zero-order chi connectivity index (χ0) is 12.8. The number of rotatable bonds is 8. The topological polar surface area (TPSA) is 71.4 Å². The van der Waals surface area contributed by atoms with E-state index in [0.717, 1.165) is 0 Å². The summed E-state index contributed by atoms with van der Waals surface area (Å²) in [7, 11) is -2.99. The maximum absolute atomic E-state index is 11.4. The van der Waals surface area contributed by atoms with Crippen LogP contribution in [0.25, 0.3) is 0 Å². The Hall–Kier alpha value is -0.230. The molecule has 0 saturated carbocycles. The van der Waals surface area contributed by atoms with Gasteiger partial charge in [0.1, 0.15) is 5.25 Å². The normalized spacial score (nSPS) is 14.0. The second-order valence-corrected chi connectivity index (χ2v) is 7.58. The molecule has 0 aromatic carbocycles. The van der Waals surface area contributed by atoms with Crippen LogP contribution in [0.2, 0.25) is 0 Å². The Kier molecular flexibility index (Phi) is 7.06. The van der Waals surface area contributed by atoms with Crippen LogP contribution in [0.3, 0.4) is 0 Å². The maximum Gasteiger partial charge on any atom is 0.316 e. The van der Waals surface area contributed by atoms with Gasteiger partial charge in [-0.05, 0) is 12.3 Å². The molecule has 0 bridgehead atoms. The minimum atomic E-state index is -2.99. The lowest BCUT2D eigenvalue weighted by molar-refractivity contribution is -0.137. The summed E-state index contributed by atoms with van der Waals surface area (Å²) in [6.45, 7) is 5.47. The average Bonchev–Trinajstić information content (AvgIpc) is 2.10. The zero-order valence-electron chi connectivity index (χ0n) is 9.97. The molecule has 0 aromatic heterocycles. The number of carbonyl (C=O) groups is 1. The van der Waals surface area contributed by atoms with Crippen molar-refractivity contribution in [1.29, 1.82) is 0 Å². The SMILES string of the molecule is CCCS(=O)(=O)CCSC(C(=O)O)C(C)C. The number of carboxylic acids is 1. The molecule has 0 heterocycles. The minimum Gasteiger partial charge on any atom is -0.480 e. The fraction of sp³-hybridized carbons (Fsp3) is 0.900. The highest BCUT2D eigenvalue weighted by Gasteiger charge is 2.22. The van der Waals surface area contributed by atoms with Crippen LogP contribution < -0.4 is 0 Å². The Labute approximate surface area is 102 Å². The standard InChI is InChI=1S/C10H20O4S2/c1-4-6-16(13,14)7-5-15-9(8(2)3)10(11)12/h8-9H,4-7H2,1-3H3,(H,11,12). The van der Waals surface area contributed by atoms with E-state index in [1.165, 1.54) is 11.8 Å². The van der Waals surface area contributed by atoms with Gasteiger partial charge in [-0.15, -0.1) is 11.8 Å². The van der Waals surface area contributed by atoms with Gasteiger partial charge in [0.2, 0.25) is 0 Å². The number of aliphatic carboxylic acids is 1. The summed E-state index contributed by atoms with van der Waals surface area (Å²) < 4.78 is 22.8. The van der Waals surface area contributed by atoms with Crippen LogP contribution in [0.4, 0.5) is 0 Å². The highest BCUT2D eigenvalue weighted by molar-refractivity contribution is 8.01. The van der Waals surface area contributed by atoms with Crippen molar-refractivity contribution in [3.8, 4) is 0 Å². The number of thioether (sulfide) groups is 1. The lowest BCUT2D eigenvalue weighted by Crippen LogP contribution is -2.24. The predicted molar refractivity (Wildman–Crippen MR) is 67.7 cm³/mol. The van der Waals surface area contributed by atoms with E-state index in [-0.39, 0.29) is 17.4 Å². The van der Waals surface area contributed by atoms with E-state index in [9.17, 15) is 13.2 Å². The predicted octanol–water partition coefficient (Wildman–Crippen LogP) is 1.65. The second-order valence-electron chi connectivity index (χ2n) is 4.03. The van der Waals surface area contributed by atoms with Gasteiger partial charge in [0.15, 0.2) is 9.84 Å². The van der Waals surface area contributed by atoms with Crippen molar-refractivity contribution in [2.24, 2.45) is 5.92 Å². The summed E-state index contributed by atoms with van der Waals surface area (Å²) >= 11 is 1.21. The molecular weight excluding hydrogens is 248 g/mol. The average molecular weight is 268 g/mol. The van der Waals surface area contributed by atoms with Gasteiger partial charge < -0.3 is 5.11 Å². The Balaban J connectivity index is 4.10. The highest BCUT2D eigenvalue weighted by atomic mass is 32.2. The van der Waals surface area contributed by atoms with Crippen molar-refractivity contribution in [3.63, 3.8) is 0 Å². The number of hydrogen-bond acceptors (Lipinski definition) is 4. The first kappa shape index (κ1) is 15.8. The maximum atomic E-state index is 11.4. The molecule has 16 heavy (non-hydrogen) atoms. The quantitative estimate of drug-likeness (QED) is 0.725. The monoisotopic (exact) mass is 268 g/mol. The largest absolute Gasteiger partial charge is 0.480 e. The van der Waals surface area contributed by atoms with Crippen LogP contribution in [0.1, 0.15) is 27.2 Å². The Bertz CT molecular complexity index is 309. The molecule has 0 aliphatic carbocycles. The van der Waals surface area contributed by atoms with Gasteiger partial charge in [-0.1, -0.05) is 20.8 Å². The summed E-state index contributed by atoms with van der Waals surface area (Å²) in [6.07, 6.45) is 0.611. The lowest BCUT2D eigenvalue weighted by Gasteiger charge is -2.15. The first-order chi connectivity index (χ1) is 7.30. The number of carboxylic acid groups (broad SMARTS) is 1. The van der Waals surface area contributed by atoms with Crippen LogP contribution in [0.5, 0.6) is 0 Å². The smallest absolute Gasteiger partial charge is 0.316 e. The molecule has 0 saturated heterocycles. The van der Waals surface area contributed by atoms with Crippen molar-refractivity contribution in [2.45, 2.75) is 32.4 Å². The molecule has 0 fully saturated rings. The third kappa shape index (κ3) is 6.37. The molecule has 0 aliphatic rings. The molecule has 0 rings (SSSR count). The molecule has 96 valence electrons. The van der Waals surface area contributed by atoms with Gasteiger partial charge in [0.05, 0.1) is 5.75 Å². The van der Waals surface area contributed by atoms with Gasteiger partial charge in [-0.25, -0.2) is 8.42 Å². The van der Waals surface area contributed by atoms with Gasteiger partial charge in [-0.2, -0.15) is 0 Å². The lowest BCUT2D eigenvalue weighted by atomic mass is 10.1. The van der Waals surface area contributed by atoms with E-state index in [1.807, 2.05) is 20.8 Å². The van der Waals surface area contributed by atoms with E-state index in [4.69, 9.17) is 5.11 Å². The molecule has 0 radical (unpaired) electrons. The molecule has 1 unspecified atom stereocenters. The fourth-order valence-electron chi connectivity index (χ4n) is 1.26. The number of hydrogen-bond donors (Lipinski definition) is 1. The third-order valence-electron chi connectivity index (χ3n) is 2.06. The van der Waals surface area contributed by atoms with Crippen LogP contribution in [-0.4, -0.2) is 42.0 Å². The van der Waals surface area contributed by atoms with Crippen LogP contribution >= 0.6 is 11.8 Å². The van der Waals surface area contributed by atoms with Gasteiger partial charge in [0.25, 0.3) is 0 Å². The van der Waals surface area contributed by atoms with Crippen molar-refractivity contribution in [2.75, 3.05) is 17.3 Å². The summed E-state index contributed by atoms with van der Waals surface area (Å²) in [4.78, 5) is 10.9. The van der Waals surface area contributed by atoms with Gasteiger partial charge in [0, 0.05) is 11.5 Å². The Morgan fingerprint density at radius 2 is 1.88 bits per heavy atom. The molecule has 0 amide bonds. The first-order valence-corrected chi connectivity index (χ1v) is 8.22. The Morgan fingerprint density at radius 3 is 2.25 bits per heavy atom. The molecule has 1 atom stereocenters. The fourth-order valence-corrected chi connectivity index (χ4v) is 4.27. The molecule has 1 N–H and O–H groups in total. The highest BCUT2D eigenvalue weighted by Crippen LogP contribution is 2.20. The van der Waals surface area contributed by atoms with Gasteiger partial charge >= 0.3 is 5.97 Å². The summed E-state index contributed by atoms with van der Waals surface area (Å²) in [6, 6.07) is 0. The summed E-state index contributed by atoms with van der Waals surface area (Å²) in [5.74, 6) is -0.240. The third-order valence-corrected chi connectivity index (χ3v) is 5.72. The molecule has 0 aliphatic heterocycles. The van der Waals surface area contributed by atoms with Crippen LogP contribution in [0.15, 0.2) is 0 Å². The first-order valence-electron chi connectivity index (χ1n) is 5.35. The van der Waals surface area contributed by atoms with E-state index in [1.54, 1.807) is 0 Å². The van der Waals surface area contributed by atoms with Crippen molar-refractivity contribution in [1.82, 2.24) is 0 Å². The van der Waals surface area contributed by atoms with Crippen LogP contribution in [-0.2, 0) is 14.6 Å². The zero-order valence-corrected chi connectivity index (χ0v) is 11.6. The van der Waals surface area contributed by atoms with Gasteiger partial charge in [-0.3, -0.25) is 4.79 Å². The Morgan fingerprint density at radius 1 is 1.31 bits per heavy atom.